The molecule has 0 radical (unpaired) electrons. The highest BCUT2D eigenvalue weighted by molar-refractivity contribution is 7.46. The summed E-state index contributed by atoms with van der Waals surface area (Å²) in [5.41, 5.74) is -0.699. The van der Waals surface area contributed by atoms with Gasteiger partial charge in [0, 0.05) is 24.0 Å². The van der Waals surface area contributed by atoms with Crippen molar-refractivity contribution in [2.45, 2.75) is 43.0 Å². The van der Waals surface area contributed by atoms with Crippen molar-refractivity contribution >= 4 is 26.0 Å². The maximum Gasteiger partial charge on any atom is 0.351 e. The molecule has 0 saturated carbocycles. The van der Waals surface area contributed by atoms with Gasteiger partial charge in [0.1, 0.15) is 40.4 Å². The number of amides is 2. The number of fused-ring (bicyclic) bond motifs is 2. The molecule has 2 aliphatic heterocycles. The Hall–Kier alpha value is -6.96. The van der Waals surface area contributed by atoms with Crippen molar-refractivity contribution in [3.05, 3.63) is 184 Å². The van der Waals surface area contributed by atoms with E-state index in [0.29, 0.717) is 28.4 Å². The van der Waals surface area contributed by atoms with E-state index in [0.717, 1.165) is 21.8 Å². The third-order valence-corrected chi connectivity index (χ3v) is 12.7. The van der Waals surface area contributed by atoms with E-state index >= 15 is 0 Å². The highest BCUT2D eigenvalue weighted by Crippen LogP contribution is 2.52. The fraction of sp³-hybridized carbons (Fsp3) is 0.275. The highest BCUT2D eigenvalue weighted by Gasteiger charge is 2.65. The van der Waals surface area contributed by atoms with Gasteiger partial charge in [0.15, 0.2) is 27.3 Å². The number of methoxy groups -OCH3 is 2. The lowest BCUT2D eigenvalue weighted by atomic mass is 9.79. The van der Waals surface area contributed by atoms with Crippen molar-refractivity contribution in [3.8, 4) is 23.3 Å². The van der Waals surface area contributed by atoms with E-state index in [1.54, 1.807) is 82.4 Å². The third kappa shape index (κ3) is 10.1. The number of para-hydroxylation sites is 1. The lowest BCUT2D eigenvalue weighted by molar-refractivity contribution is -0.260. The number of hydrogen-bond acceptors (Lipinski definition) is 13. The van der Waals surface area contributed by atoms with Crippen LogP contribution in [0.5, 0.6) is 17.2 Å². The normalized spacial score (nSPS) is 19.1. The van der Waals surface area contributed by atoms with Crippen molar-refractivity contribution in [2.75, 3.05) is 52.6 Å². The highest BCUT2D eigenvalue weighted by atomic mass is 31.2. The summed E-state index contributed by atoms with van der Waals surface area (Å²) in [6.07, 6.45) is -1.90. The minimum Gasteiger partial charge on any atom is -0.497 e. The fourth-order valence-corrected chi connectivity index (χ4v) is 9.30. The van der Waals surface area contributed by atoms with E-state index in [1.165, 1.54) is 10.8 Å². The van der Waals surface area contributed by atoms with Crippen LogP contribution in [0.15, 0.2) is 151 Å². The fourth-order valence-electron chi connectivity index (χ4n) is 8.26. The quantitative estimate of drug-likeness (QED) is 0.0477. The summed E-state index contributed by atoms with van der Waals surface area (Å²) in [5, 5.41) is 13.2. The summed E-state index contributed by atoms with van der Waals surface area (Å²) in [7, 11) is 1.46. The van der Waals surface area contributed by atoms with Gasteiger partial charge < -0.3 is 38.0 Å². The molecule has 16 nitrogen and oxygen atoms in total. The third-order valence-electron chi connectivity index (χ3n) is 11.6. The molecule has 1 aromatic heterocycles. The summed E-state index contributed by atoms with van der Waals surface area (Å²) in [6, 6.07) is 44.3. The summed E-state index contributed by atoms with van der Waals surface area (Å²) >= 11 is 0. The van der Waals surface area contributed by atoms with Crippen molar-refractivity contribution in [1.29, 1.82) is 5.26 Å². The molecule has 17 heteroatoms. The van der Waals surface area contributed by atoms with Crippen molar-refractivity contribution < 1.29 is 47.2 Å². The second kappa shape index (κ2) is 21.3. The average Bonchev–Trinajstić information content (AvgIpc) is 3.53. The van der Waals surface area contributed by atoms with Gasteiger partial charge >= 0.3 is 5.69 Å². The van der Waals surface area contributed by atoms with Gasteiger partial charge in [0.05, 0.1) is 46.5 Å². The van der Waals surface area contributed by atoms with E-state index in [2.05, 4.69) is 16.4 Å². The molecule has 350 valence electrons. The van der Waals surface area contributed by atoms with E-state index in [-0.39, 0.29) is 32.0 Å². The standard InChI is InChI=1S/C51H50N5O11P/c1-35-31-55(49(59)54-46(35)53-47(58)36-15-8-5-9-16-36)48-44-45(67-68(4)64-30-14-29-52)50(65-48,33-56(66-44)43(57)32-62-42-19-12-7-13-20-42)34-63-51(37-17-10-6-11-18-37,38-21-25-40(60-2)26-22-38)39-23-27-41(61-3)28-24-39/h5-13,15-28,31,44-45,48H,14,30,32-34H2,1-4H3,(H,53,54,58,59)/t44-,45?,48+,50+,68?/m0/s1. The van der Waals surface area contributed by atoms with Crippen LogP contribution in [0.25, 0.3) is 0 Å². The molecule has 8 rings (SSSR count). The number of aromatic nitrogens is 2. The van der Waals surface area contributed by atoms with Crippen molar-refractivity contribution in [3.63, 3.8) is 0 Å². The number of hydrogen-bond donors (Lipinski definition) is 1. The number of benzene rings is 5. The minimum atomic E-state index is -1.72. The van der Waals surface area contributed by atoms with Crippen LogP contribution in [0.2, 0.25) is 0 Å². The Bertz CT molecular complexity index is 2710. The van der Waals surface area contributed by atoms with E-state index in [9.17, 15) is 19.6 Å². The predicted molar refractivity (Wildman–Crippen MR) is 251 cm³/mol. The van der Waals surface area contributed by atoms with Crippen LogP contribution in [-0.2, 0) is 33.8 Å². The number of ether oxygens (including phenoxy) is 5. The number of rotatable bonds is 19. The molecule has 68 heavy (non-hydrogen) atoms. The Morgan fingerprint density at radius 2 is 1.44 bits per heavy atom. The van der Waals surface area contributed by atoms with Crippen molar-refractivity contribution in [2.24, 2.45) is 0 Å². The zero-order chi connectivity index (χ0) is 47.7. The number of carbonyl (C=O) groups is 2. The summed E-state index contributed by atoms with van der Waals surface area (Å²) < 4.78 is 45.7. The van der Waals surface area contributed by atoms with Gasteiger partial charge in [-0.15, -0.1) is 0 Å². The van der Waals surface area contributed by atoms with E-state index in [1.807, 2.05) is 84.9 Å². The Labute approximate surface area is 394 Å². The molecule has 2 fully saturated rings. The Kier molecular flexibility index (Phi) is 14.9. The smallest absolute Gasteiger partial charge is 0.351 e. The maximum absolute atomic E-state index is 14.3. The largest absolute Gasteiger partial charge is 0.497 e. The first kappa shape index (κ1) is 47.5. The molecule has 0 aliphatic carbocycles. The molecule has 5 aromatic carbocycles. The molecular formula is C51H50N5O11P. The molecular weight excluding hydrogens is 890 g/mol. The number of aryl methyl sites for hydroxylation is 1. The second-order valence-corrected chi connectivity index (χ2v) is 17.3. The van der Waals surface area contributed by atoms with Crippen LogP contribution in [0.4, 0.5) is 5.82 Å². The predicted octanol–water partition coefficient (Wildman–Crippen LogP) is 7.58. The van der Waals surface area contributed by atoms with Crippen LogP contribution >= 0.6 is 8.38 Å². The van der Waals surface area contributed by atoms with Gasteiger partial charge in [-0.25, -0.2) is 9.86 Å². The zero-order valence-electron chi connectivity index (χ0n) is 37.9. The topological polar surface area (TPSA) is 182 Å². The minimum absolute atomic E-state index is 0.0531. The van der Waals surface area contributed by atoms with Crippen LogP contribution in [0.1, 0.15) is 45.3 Å². The number of carbonyl (C=O) groups excluding carboxylic acids is 2. The van der Waals surface area contributed by atoms with Crippen LogP contribution < -0.4 is 25.2 Å². The molecule has 5 atom stereocenters. The lowest BCUT2D eigenvalue weighted by Gasteiger charge is -2.45. The molecule has 1 N–H and O–H groups in total. The molecule has 2 saturated heterocycles. The number of anilines is 1. The van der Waals surface area contributed by atoms with E-state index in [4.69, 9.17) is 37.6 Å². The molecule has 3 heterocycles. The molecule has 2 aliphatic rings. The van der Waals surface area contributed by atoms with Gasteiger partial charge in [-0.2, -0.15) is 10.2 Å². The molecule has 2 amide bonds. The molecule has 6 aromatic rings. The van der Waals surface area contributed by atoms with Crippen molar-refractivity contribution in [1.82, 2.24) is 14.6 Å². The van der Waals surface area contributed by atoms with Gasteiger partial charge in [0.25, 0.3) is 11.8 Å². The first-order chi connectivity index (χ1) is 33.1. The molecule has 2 unspecified atom stereocenters. The zero-order valence-corrected chi connectivity index (χ0v) is 38.7. The number of nitrogens with zero attached hydrogens (tertiary/aromatic N) is 4. The van der Waals surface area contributed by atoms with Gasteiger partial charge in [-0.1, -0.05) is 91.0 Å². The van der Waals surface area contributed by atoms with E-state index < -0.39 is 62.1 Å². The number of nitriles is 1. The SMILES string of the molecule is COc1ccc(C(OC[C@]23CN(C(=O)COc4ccccc4)O[C@@H](C2OP(C)OCCC#N)[C@H](n2cc(C)c(NC(=O)c4ccccc4)nc2=O)O3)(c2ccccc2)c2ccc(OC)cc2)cc1. The van der Waals surface area contributed by atoms with Crippen LogP contribution in [0.3, 0.4) is 0 Å². The number of nitrogens with one attached hydrogen (secondary N) is 1. The molecule has 0 spiro atoms. The van der Waals surface area contributed by atoms with Gasteiger partial charge in [-0.05, 0) is 72.1 Å². The lowest BCUT2D eigenvalue weighted by Crippen LogP contribution is -2.63. The van der Waals surface area contributed by atoms with Gasteiger partial charge in [0.2, 0.25) is 0 Å². The number of hydroxylamine groups is 2. The molecule has 2 bridgehead atoms. The Morgan fingerprint density at radius 3 is 2.04 bits per heavy atom. The maximum atomic E-state index is 14.3. The monoisotopic (exact) mass is 939 g/mol. The summed E-state index contributed by atoms with van der Waals surface area (Å²) in [4.78, 5) is 52.6. The summed E-state index contributed by atoms with van der Waals surface area (Å²) in [6.45, 7) is 2.61. The Balaban J connectivity index is 1.25. The summed E-state index contributed by atoms with van der Waals surface area (Å²) in [5.74, 6) is 0.791. The first-order valence-electron chi connectivity index (χ1n) is 21.8. The first-order valence-corrected chi connectivity index (χ1v) is 23.4. The average molecular weight is 940 g/mol. The van der Waals surface area contributed by atoms with Crippen LogP contribution in [-0.4, -0.2) is 91.5 Å². The van der Waals surface area contributed by atoms with Gasteiger partial charge in [-0.3, -0.25) is 19.0 Å². The Morgan fingerprint density at radius 1 is 0.853 bits per heavy atom. The van der Waals surface area contributed by atoms with Crippen LogP contribution in [0, 0.1) is 18.3 Å². The second-order valence-electron chi connectivity index (χ2n) is 16.0.